The molecule has 0 bridgehead atoms. The second-order valence-electron chi connectivity index (χ2n) is 5.01. The third-order valence-corrected chi connectivity index (χ3v) is 4.43. The molecule has 1 aliphatic rings. The molecule has 3 nitrogen and oxygen atoms in total. The Labute approximate surface area is 134 Å². The van der Waals surface area contributed by atoms with Crippen molar-refractivity contribution < 1.29 is 4.74 Å². The van der Waals surface area contributed by atoms with Crippen molar-refractivity contribution in [3.63, 3.8) is 0 Å². The highest BCUT2D eigenvalue weighted by Gasteiger charge is 2.32. The highest BCUT2D eigenvalue weighted by Crippen LogP contribution is 2.44. The average molecular weight is 323 g/mol. The van der Waals surface area contributed by atoms with Gasteiger partial charge in [0.2, 0.25) is 0 Å². The van der Waals surface area contributed by atoms with E-state index in [0.717, 1.165) is 22.6 Å². The second-order valence-corrected chi connectivity index (χ2v) is 5.85. The molecule has 0 fully saturated rings. The Morgan fingerprint density at radius 1 is 1.29 bits per heavy atom. The van der Waals surface area contributed by atoms with Crippen LogP contribution in [0.3, 0.4) is 0 Å². The zero-order valence-electron chi connectivity index (χ0n) is 11.6. The van der Waals surface area contributed by atoms with Crippen molar-refractivity contribution in [1.82, 2.24) is 0 Å². The molecule has 0 amide bonds. The van der Waals surface area contributed by atoms with Gasteiger partial charge in [0.1, 0.15) is 5.75 Å². The number of hydrogen-bond acceptors (Lipinski definition) is 3. The van der Waals surface area contributed by atoms with E-state index in [0.29, 0.717) is 23.1 Å². The fourth-order valence-corrected chi connectivity index (χ4v) is 3.48. The number of nitrogens with two attached hydrogens (primary N) is 1. The van der Waals surface area contributed by atoms with E-state index < -0.39 is 0 Å². The van der Waals surface area contributed by atoms with Crippen molar-refractivity contribution in [2.24, 2.45) is 5.73 Å². The molecule has 21 heavy (non-hydrogen) atoms. The molecule has 0 saturated carbocycles. The van der Waals surface area contributed by atoms with Gasteiger partial charge in [-0.15, -0.1) is 0 Å². The Kier molecular flexibility index (Phi) is 3.98. The molecule has 110 valence electrons. The lowest BCUT2D eigenvalue weighted by Gasteiger charge is -2.27. The van der Waals surface area contributed by atoms with Gasteiger partial charge in [-0.05, 0) is 35.4 Å². The standard InChI is InChI=1S/C16H16Cl2N2O/c1-21-16-5-3-2-4-14(16)20-9-12-11(15(20)8-19)6-10(17)7-13(12)18/h2-7,15H,8-9,19H2,1H3. The maximum Gasteiger partial charge on any atom is 0.142 e. The molecule has 0 saturated heterocycles. The van der Waals surface area contributed by atoms with Crippen LogP contribution in [0, 0.1) is 0 Å². The van der Waals surface area contributed by atoms with E-state index >= 15 is 0 Å². The Morgan fingerprint density at radius 2 is 2.05 bits per heavy atom. The maximum absolute atomic E-state index is 6.34. The summed E-state index contributed by atoms with van der Waals surface area (Å²) in [6.45, 7) is 1.19. The first-order valence-corrected chi connectivity index (χ1v) is 7.49. The fourth-order valence-electron chi connectivity index (χ4n) is 2.91. The maximum atomic E-state index is 6.34. The Morgan fingerprint density at radius 3 is 2.76 bits per heavy atom. The first-order chi connectivity index (χ1) is 10.2. The van der Waals surface area contributed by atoms with Gasteiger partial charge in [-0.2, -0.15) is 0 Å². The Balaban J connectivity index is 2.09. The zero-order valence-corrected chi connectivity index (χ0v) is 13.2. The highest BCUT2D eigenvalue weighted by molar-refractivity contribution is 6.35. The number of fused-ring (bicyclic) bond motifs is 1. The highest BCUT2D eigenvalue weighted by atomic mass is 35.5. The monoisotopic (exact) mass is 322 g/mol. The van der Waals surface area contributed by atoms with Gasteiger partial charge in [0.25, 0.3) is 0 Å². The largest absolute Gasteiger partial charge is 0.495 e. The van der Waals surface area contributed by atoms with Crippen molar-refractivity contribution in [1.29, 1.82) is 0 Å². The zero-order chi connectivity index (χ0) is 15.0. The van der Waals surface area contributed by atoms with E-state index in [1.54, 1.807) is 13.2 Å². The molecule has 0 aliphatic carbocycles. The summed E-state index contributed by atoms with van der Waals surface area (Å²) in [7, 11) is 1.67. The van der Waals surface area contributed by atoms with Crippen LogP contribution < -0.4 is 15.4 Å². The van der Waals surface area contributed by atoms with Gasteiger partial charge in [0.05, 0.1) is 18.8 Å². The van der Waals surface area contributed by atoms with Gasteiger partial charge in [-0.1, -0.05) is 35.3 Å². The van der Waals surface area contributed by atoms with Crippen molar-refractivity contribution in [2.45, 2.75) is 12.6 Å². The van der Waals surface area contributed by atoms with Crippen LogP contribution >= 0.6 is 23.2 Å². The van der Waals surface area contributed by atoms with E-state index in [9.17, 15) is 0 Å². The van der Waals surface area contributed by atoms with Gasteiger partial charge < -0.3 is 15.4 Å². The Hall–Kier alpha value is -1.42. The van der Waals surface area contributed by atoms with Gasteiger partial charge in [0, 0.05) is 23.1 Å². The summed E-state index contributed by atoms with van der Waals surface area (Å²) in [5, 5.41) is 1.33. The first-order valence-electron chi connectivity index (χ1n) is 6.73. The van der Waals surface area contributed by atoms with Crippen LogP contribution in [-0.2, 0) is 6.54 Å². The molecular weight excluding hydrogens is 307 g/mol. The summed E-state index contributed by atoms with van der Waals surface area (Å²) in [5.74, 6) is 0.825. The molecule has 2 N–H and O–H groups in total. The molecule has 0 spiro atoms. The number of methoxy groups -OCH3 is 1. The van der Waals surface area contributed by atoms with Crippen LogP contribution in [0.1, 0.15) is 17.2 Å². The van der Waals surface area contributed by atoms with Crippen LogP contribution in [0.25, 0.3) is 0 Å². The summed E-state index contributed by atoms with van der Waals surface area (Å²) in [5.41, 5.74) is 9.20. The molecule has 0 aromatic heterocycles. The minimum atomic E-state index is 0.0486. The van der Waals surface area contributed by atoms with Crippen molar-refractivity contribution in [3.8, 4) is 5.75 Å². The van der Waals surface area contributed by atoms with E-state index in [4.69, 9.17) is 33.7 Å². The molecule has 2 aromatic rings. The van der Waals surface area contributed by atoms with Gasteiger partial charge >= 0.3 is 0 Å². The smallest absolute Gasteiger partial charge is 0.142 e. The van der Waals surface area contributed by atoms with Crippen molar-refractivity contribution in [3.05, 3.63) is 57.6 Å². The molecule has 1 aliphatic heterocycles. The predicted molar refractivity (Wildman–Crippen MR) is 87.4 cm³/mol. The quantitative estimate of drug-likeness (QED) is 0.927. The average Bonchev–Trinajstić information content (AvgIpc) is 2.85. The van der Waals surface area contributed by atoms with Crippen molar-refractivity contribution >= 4 is 28.9 Å². The van der Waals surface area contributed by atoms with E-state index in [1.165, 1.54) is 0 Å². The molecule has 1 heterocycles. The second kappa shape index (κ2) is 5.76. The SMILES string of the molecule is COc1ccccc1N1Cc2c(Cl)cc(Cl)cc2C1CN. The summed E-state index contributed by atoms with van der Waals surface area (Å²) < 4.78 is 5.46. The third-order valence-electron chi connectivity index (χ3n) is 3.88. The lowest BCUT2D eigenvalue weighted by Crippen LogP contribution is -2.28. The predicted octanol–water partition coefficient (Wildman–Crippen LogP) is 4.02. The van der Waals surface area contributed by atoms with Gasteiger partial charge in [-0.25, -0.2) is 0 Å². The fraction of sp³-hybridized carbons (Fsp3) is 0.250. The summed E-state index contributed by atoms with van der Waals surface area (Å²) >= 11 is 12.5. The summed E-state index contributed by atoms with van der Waals surface area (Å²) in [4.78, 5) is 2.21. The number of anilines is 1. The number of halogens is 2. The number of benzene rings is 2. The lowest BCUT2D eigenvalue weighted by molar-refractivity contribution is 0.413. The van der Waals surface area contributed by atoms with Crippen LogP contribution in [0.2, 0.25) is 10.0 Å². The minimum Gasteiger partial charge on any atom is -0.495 e. The molecule has 2 aromatic carbocycles. The van der Waals surface area contributed by atoms with Crippen molar-refractivity contribution in [2.75, 3.05) is 18.6 Å². The number of ether oxygens (including phenoxy) is 1. The number of hydrogen-bond donors (Lipinski definition) is 1. The molecule has 0 radical (unpaired) electrons. The number of rotatable bonds is 3. The van der Waals surface area contributed by atoms with E-state index in [2.05, 4.69) is 4.90 Å². The topological polar surface area (TPSA) is 38.5 Å². The molecule has 1 unspecified atom stereocenters. The first kappa shape index (κ1) is 14.5. The molecule has 3 rings (SSSR count). The van der Waals surface area contributed by atoms with Gasteiger partial charge in [-0.3, -0.25) is 0 Å². The molecule has 1 atom stereocenters. The molecular formula is C16H16Cl2N2O. The Bertz CT molecular complexity index is 675. The normalized spacial score (nSPS) is 17.0. The van der Waals surface area contributed by atoms with Crippen LogP contribution in [0.5, 0.6) is 5.75 Å². The number of para-hydroxylation sites is 2. The summed E-state index contributed by atoms with van der Waals surface area (Å²) in [6, 6.07) is 11.7. The van der Waals surface area contributed by atoms with Crippen LogP contribution in [0.4, 0.5) is 5.69 Å². The summed E-state index contributed by atoms with van der Waals surface area (Å²) in [6.07, 6.45) is 0. The van der Waals surface area contributed by atoms with Crippen LogP contribution in [-0.4, -0.2) is 13.7 Å². The third kappa shape index (κ3) is 2.46. The van der Waals surface area contributed by atoms with Gasteiger partial charge in [0.15, 0.2) is 0 Å². The number of nitrogens with zero attached hydrogens (tertiary/aromatic N) is 1. The molecule has 5 heteroatoms. The minimum absolute atomic E-state index is 0.0486. The van der Waals surface area contributed by atoms with E-state index in [1.807, 2.05) is 30.3 Å². The lowest BCUT2D eigenvalue weighted by atomic mass is 10.0. The van der Waals surface area contributed by atoms with Crippen LogP contribution in [0.15, 0.2) is 36.4 Å². The van der Waals surface area contributed by atoms with E-state index in [-0.39, 0.29) is 6.04 Å².